The predicted molar refractivity (Wildman–Crippen MR) is 46.4 cm³/mol. The molecule has 1 aromatic rings. The van der Waals surface area contributed by atoms with Crippen molar-refractivity contribution in [2.24, 2.45) is 0 Å². The van der Waals surface area contributed by atoms with Crippen LogP contribution in [0.5, 0.6) is 0 Å². The average molecular weight is 153 g/mol. The van der Waals surface area contributed by atoms with E-state index in [1.807, 2.05) is 0 Å². The molecule has 0 radical (unpaired) electrons. The lowest BCUT2D eigenvalue weighted by Gasteiger charge is -1.86. The number of hydrogen-bond acceptors (Lipinski definition) is 2. The van der Waals surface area contributed by atoms with Crippen molar-refractivity contribution in [3.8, 4) is 0 Å². The van der Waals surface area contributed by atoms with Crippen molar-refractivity contribution in [2.75, 3.05) is 0 Å². The maximum Gasteiger partial charge on any atom is 0.0614 e. The lowest BCUT2D eigenvalue weighted by atomic mass is 10.2. The maximum atomic E-state index is 4.22. The van der Waals surface area contributed by atoms with Gasteiger partial charge in [0.05, 0.1) is 5.69 Å². The van der Waals surface area contributed by atoms with Crippen LogP contribution < -0.4 is 9.75 Å². The van der Waals surface area contributed by atoms with E-state index in [2.05, 4.69) is 24.5 Å². The summed E-state index contributed by atoms with van der Waals surface area (Å²) in [6, 6.07) is 0. The molecular weight excluding hydrogens is 142 g/mol. The Morgan fingerprint density at radius 1 is 1.50 bits per heavy atom. The largest absolute Gasteiger partial charge is 0.197 e. The third-order valence-corrected chi connectivity index (χ3v) is 2.22. The molecule has 0 saturated heterocycles. The summed E-state index contributed by atoms with van der Waals surface area (Å²) < 4.78 is 5.22. The van der Waals surface area contributed by atoms with E-state index in [1.165, 1.54) is 11.5 Å². The number of nitrogens with zero attached hydrogens (tertiary/aromatic N) is 1. The molecule has 0 aliphatic carbocycles. The van der Waals surface area contributed by atoms with Gasteiger partial charge in [-0.1, -0.05) is 26.5 Å². The van der Waals surface area contributed by atoms with Gasteiger partial charge in [-0.2, -0.15) is 4.37 Å². The molecule has 0 aliphatic heterocycles. The molecule has 0 aromatic carbocycles. The Labute approximate surface area is 64.9 Å². The van der Waals surface area contributed by atoms with Gasteiger partial charge in [-0.05, 0) is 18.0 Å². The summed E-state index contributed by atoms with van der Waals surface area (Å²) in [5, 5.41) is 1.03. The first kappa shape index (κ1) is 7.48. The Morgan fingerprint density at radius 2 is 2.20 bits per heavy atom. The van der Waals surface area contributed by atoms with Gasteiger partial charge >= 0.3 is 0 Å². The molecule has 0 atom stereocenters. The Balaban J connectivity index is 3.06. The SMILES string of the molecule is C=c1snc(CCC)c1=C. The topological polar surface area (TPSA) is 12.9 Å². The first-order valence-corrected chi connectivity index (χ1v) is 4.15. The van der Waals surface area contributed by atoms with Gasteiger partial charge in [0.15, 0.2) is 0 Å². The van der Waals surface area contributed by atoms with Crippen molar-refractivity contribution in [2.45, 2.75) is 19.8 Å². The van der Waals surface area contributed by atoms with Crippen molar-refractivity contribution < 1.29 is 0 Å². The minimum atomic E-state index is 1.00. The van der Waals surface area contributed by atoms with E-state index in [4.69, 9.17) is 0 Å². The van der Waals surface area contributed by atoms with E-state index in [0.29, 0.717) is 0 Å². The third kappa shape index (κ3) is 1.27. The summed E-state index contributed by atoms with van der Waals surface area (Å²) in [6.07, 6.45) is 2.16. The van der Waals surface area contributed by atoms with Crippen molar-refractivity contribution in [3.05, 3.63) is 15.4 Å². The minimum Gasteiger partial charge on any atom is -0.197 e. The van der Waals surface area contributed by atoms with Crippen LogP contribution in [-0.4, -0.2) is 4.37 Å². The van der Waals surface area contributed by atoms with Crippen molar-refractivity contribution in [3.63, 3.8) is 0 Å². The molecule has 0 spiro atoms. The lowest BCUT2D eigenvalue weighted by Crippen LogP contribution is -2.18. The molecule has 1 heterocycles. The fourth-order valence-electron chi connectivity index (χ4n) is 0.815. The van der Waals surface area contributed by atoms with Crippen LogP contribution in [-0.2, 0) is 6.42 Å². The maximum absolute atomic E-state index is 4.22. The number of aromatic nitrogens is 1. The van der Waals surface area contributed by atoms with Crippen LogP contribution >= 0.6 is 11.5 Å². The van der Waals surface area contributed by atoms with E-state index in [0.717, 1.165) is 28.3 Å². The van der Waals surface area contributed by atoms with Gasteiger partial charge in [0.2, 0.25) is 0 Å². The lowest BCUT2D eigenvalue weighted by molar-refractivity contribution is 0.893. The zero-order valence-electron chi connectivity index (χ0n) is 6.18. The number of hydrogen-bond donors (Lipinski definition) is 0. The zero-order valence-corrected chi connectivity index (χ0v) is 7.00. The monoisotopic (exact) mass is 153 g/mol. The molecule has 0 unspecified atom stereocenters. The van der Waals surface area contributed by atoms with Crippen molar-refractivity contribution >= 4 is 24.7 Å². The standard InChI is InChI=1S/C8H11NS/c1-4-5-8-6(2)7(3)10-9-8/h2-5H2,1H3. The molecule has 0 saturated carbocycles. The molecule has 1 aromatic heterocycles. The van der Waals surface area contributed by atoms with E-state index in [9.17, 15) is 0 Å². The Hall–Kier alpha value is -0.630. The molecule has 1 nitrogen and oxygen atoms in total. The molecule has 0 fully saturated rings. The van der Waals surface area contributed by atoms with E-state index < -0.39 is 0 Å². The highest BCUT2D eigenvalue weighted by Crippen LogP contribution is 1.90. The van der Waals surface area contributed by atoms with Crippen LogP contribution in [0.2, 0.25) is 0 Å². The molecule has 1 rings (SSSR count). The summed E-state index contributed by atoms with van der Waals surface area (Å²) in [4.78, 5) is 0. The second kappa shape index (κ2) is 2.97. The molecule has 2 heteroatoms. The summed E-state index contributed by atoms with van der Waals surface area (Å²) in [7, 11) is 0. The summed E-state index contributed by atoms with van der Waals surface area (Å²) >= 11 is 1.45. The van der Waals surface area contributed by atoms with Crippen molar-refractivity contribution in [1.29, 1.82) is 0 Å². The Bertz CT molecular complexity index is 300. The van der Waals surface area contributed by atoms with Gasteiger partial charge in [0.1, 0.15) is 0 Å². The van der Waals surface area contributed by atoms with Crippen LogP contribution in [0.3, 0.4) is 0 Å². The average Bonchev–Trinajstić information content (AvgIpc) is 2.20. The van der Waals surface area contributed by atoms with Crippen LogP contribution in [0.25, 0.3) is 13.2 Å². The van der Waals surface area contributed by atoms with Crippen LogP contribution in [0.15, 0.2) is 0 Å². The van der Waals surface area contributed by atoms with Gasteiger partial charge in [0, 0.05) is 9.75 Å². The van der Waals surface area contributed by atoms with E-state index in [1.54, 1.807) is 0 Å². The first-order chi connectivity index (χ1) is 4.75. The molecule has 0 amide bonds. The van der Waals surface area contributed by atoms with Gasteiger partial charge in [-0.3, -0.25) is 0 Å². The molecule has 10 heavy (non-hydrogen) atoms. The highest BCUT2D eigenvalue weighted by atomic mass is 32.1. The van der Waals surface area contributed by atoms with Crippen LogP contribution in [0, 0.1) is 0 Å². The smallest absolute Gasteiger partial charge is 0.0614 e. The third-order valence-electron chi connectivity index (χ3n) is 1.44. The highest BCUT2D eigenvalue weighted by molar-refractivity contribution is 7.03. The molecule has 0 bridgehead atoms. The summed E-state index contributed by atoms with van der Waals surface area (Å²) in [5.74, 6) is 0. The van der Waals surface area contributed by atoms with Gasteiger partial charge in [-0.15, -0.1) is 0 Å². The van der Waals surface area contributed by atoms with Gasteiger partial charge in [-0.25, -0.2) is 0 Å². The Morgan fingerprint density at radius 3 is 2.60 bits per heavy atom. The van der Waals surface area contributed by atoms with Gasteiger partial charge in [0.25, 0.3) is 0 Å². The van der Waals surface area contributed by atoms with E-state index in [-0.39, 0.29) is 0 Å². The summed E-state index contributed by atoms with van der Waals surface area (Å²) in [6.45, 7) is 9.84. The van der Waals surface area contributed by atoms with Crippen LogP contribution in [0.4, 0.5) is 0 Å². The minimum absolute atomic E-state index is 1.00. The van der Waals surface area contributed by atoms with Crippen LogP contribution in [0.1, 0.15) is 19.0 Å². The zero-order chi connectivity index (χ0) is 7.56. The Kier molecular flexibility index (Phi) is 2.22. The van der Waals surface area contributed by atoms with Gasteiger partial charge < -0.3 is 0 Å². The predicted octanol–water partition coefficient (Wildman–Crippen LogP) is 0.916. The number of rotatable bonds is 2. The normalized spacial score (nSPS) is 10.1. The second-order valence-corrected chi connectivity index (χ2v) is 3.14. The summed E-state index contributed by atoms with van der Waals surface area (Å²) in [5.41, 5.74) is 1.12. The molecule has 54 valence electrons. The highest BCUT2D eigenvalue weighted by Gasteiger charge is 1.95. The van der Waals surface area contributed by atoms with Crippen molar-refractivity contribution in [1.82, 2.24) is 4.37 Å². The first-order valence-electron chi connectivity index (χ1n) is 3.38. The molecular formula is C8H11NS. The second-order valence-electron chi connectivity index (χ2n) is 2.28. The quantitative estimate of drug-likeness (QED) is 0.615. The fraction of sp³-hybridized carbons (Fsp3) is 0.375. The fourth-order valence-corrected chi connectivity index (χ4v) is 1.46. The molecule has 0 N–H and O–H groups in total. The molecule has 0 aliphatic rings. The van der Waals surface area contributed by atoms with E-state index >= 15 is 0 Å². The number of aryl methyl sites for hydroxylation is 1.